The van der Waals surface area contributed by atoms with Gasteiger partial charge in [-0.05, 0) is 25.1 Å². The fraction of sp³-hybridized carbons (Fsp3) is 0.286. The lowest BCUT2D eigenvalue weighted by Gasteiger charge is -2.01. The Morgan fingerprint density at radius 2 is 2.05 bits per heavy atom. The molecule has 19 heavy (non-hydrogen) atoms. The molecule has 1 aromatic heterocycles. The molecule has 1 aromatic carbocycles. The van der Waals surface area contributed by atoms with E-state index in [0.29, 0.717) is 16.6 Å². The molecule has 4 nitrogen and oxygen atoms in total. The molecule has 0 aliphatic rings. The summed E-state index contributed by atoms with van der Waals surface area (Å²) in [7, 11) is 3.02. The number of fused-ring (bicyclic) bond motifs is 1. The number of hydrogen-bond acceptors (Lipinski definition) is 3. The Kier molecular flexibility index (Phi) is 3.38. The molecule has 1 heterocycles. The molecule has 5 heteroatoms. The molecule has 2 aromatic rings. The largest absolute Gasteiger partial charge is 0.469 e. The minimum Gasteiger partial charge on any atom is -0.469 e. The number of hydrogen-bond donors (Lipinski definition) is 0. The summed E-state index contributed by atoms with van der Waals surface area (Å²) < 4.78 is 19.6. The van der Waals surface area contributed by atoms with E-state index < -0.39 is 11.8 Å². The number of esters is 1. The van der Waals surface area contributed by atoms with Gasteiger partial charge in [0.25, 0.3) is 0 Å². The van der Waals surface area contributed by atoms with Crippen LogP contribution in [-0.4, -0.2) is 23.4 Å². The van der Waals surface area contributed by atoms with Gasteiger partial charge in [0.2, 0.25) is 0 Å². The van der Waals surface area contributed by atoms with Crippen molar-refractivity contribution in [2.75, 3.05) is 7.11 Å². The van der Waals surface area contributed by atoms with Gasteiger partial charge in [0.1, 0.15) is 12.2 Å². The van der Waals surface area contributed by atoms with Crippen molar-refractivity contribution in [1.29, 1.82) is 0 Å². The minimum atomic E-state index is -0.599. The molecule has 0 amide bonds. The second-order valence-corrected chi connectivity index (χ2v) is 4.36. The first-order valence-corrected chi connectivity index (χ1v) is 5.80. The average Bonchev–Trinajstić information content (AvgIpc) is 2.61. The summed E-state index contributed by atoms with van der Waals surface area (Å²) in [6.07, 6.45) is -0.340. The van der Waals surface area contributed by atoms with Gasteiger partial charge in [0.05, 0.1) is 7.11 Å². The van der Waals surface area contributed by atoms with Gasteiger partial charge in [-0.1, -0.05) is 0 Å². The maximum Gasteiger partial charge on any atom is 0.313 e. The maximum atomic E-state index is 13.3. The third kappa shape index (κ3) is 2.23. The normalized spacial score (nSPS) is 10.7. The molecule has 0 atom stereocenters. The van der Waals surface area contributed by atoms with Gasteiger partial charge >= 0.3 is 5.97 Å². The van der Waals surface area contributed by atoms with E-state index in [1.807, 2.05) is 0 Å². The Morgan fingerprint density at radius 3 is 2.68 bits per heavy atom. The van der Waals surface area contributed by atoms with Crippen LogP contribution in [0.15, 0.2) is 18.2 Å². The predicted octanol–water partition coefficient (Wildman–Crippen LogP) is 2.37. The molecule has 2 rings (SSSR count). The van der Waals surface area contributed by atoms with Crippen molar-refractivity contribution < 1.29 is 18.7 Å². The van der Waals surface area contributed by atoms with Crippen molar-refractivity contribution in [3.8, 4) is 0 Å². The molecule has 0 radical (unpaired) electrons. The van der Waals surface area contributed by atoms with Crippen molar-refractivity contribution in [3.63, 3.8) is 0 Å². The second-order valence-electron chi connectivity index (χ2n) is 4.36. The van der Waals surface area contributed by atoms with E-state index in [0.717, 1.165) is 5.52 Å². The van der Waals surface area contributed by atoms with Gasteiger partial charge in [-0.25, -0.2) is 4.39 Å². The number of Topliss-reactive ketones (excluding diaryl/α,β-unsaturated/α-hetero) is 1. The van der Waals surface area contributed by atoms with E-state index in [9.17, 15) is 14.0 Å². The Hall–Kier alpha value is -2.17. The number of carbonyl (C=O) groups excluding carboxylic acids is 2. The van der Waals surface area contributed by atoms with E-state index in [4.69, 9.17) is 0 Å². The van der Waals surface area contributed by atoms with Crippen molar-refractivity contribution in [3.05, 3.63) is 35.3 Å². The summed E-state index contributed by atoms with van der Waals surface area (Å²) in [5.74, 6) is -1.37. The summed E-state index contributed by atoms with van der Waals surface area (Å²) in [5, 5.41) is 0.522. The van der Waals surface area contributed by atoms with E-state index in [1.165, 1.54) is 19.2 Å². The number of carbonyl (C=O) groups is 2. The molecule has 0 bridgehead atoms. The number of rotatable bonds is 3. The van der Waals surface area contributed by atoms with E-state index >= 15 is 0 Å². The summed E-state index contributed by atoms with van der Waals surface area (Å²) >= 11 is 0. The lowest BCUT2D eigenvalue weighted by atomic mass is 10.0. The average molecular weight is 263 g/mol. The molecule has 0 saturated carbocycles. The molecule has 100 valence electrons. The van der Waals surface area contributed by atoms with Gasteiger partial charge in [0, 0.05) is 29.2 Å². The molecule has 0 spiro atoms. The van der Waals surface area contributed by atoms with Crippen LogP contribution in [0.1, 0.15) is 22.5 Å². The molecule has 0 fully saturated rings. The first kappa shape index (κ1) is 13.3. The van der Waals surface area contributed by atoms with Crippen LogP contribution in [0.4, 0.5) is 4.39 Å². The first-order valence-electron chi connectivity index (χ1n) is 5.80. The smallest absolute Gasteiger partial charge is 0.313 e. The number of ether oxygens (including phenoxy) is 1. The van der Waals surface area contributed by atoms with E-state index in [-0.39, 0.29) is 12.2 Å². The number of aryl methyl sites for hydroxylation is 1. The molecular weight excluding hydrogens is 249 g/mol. The Morgan fingerprint density at radius 1 is 1.37 bits per heavy atom. The highest BCUT2D eigenvalue weighted by molar-refractivity contribution is 6.14. The number of aromatic nitrogens is 1. The maximum absolute atomic E-state index is 13.3. The number of benzene rings is 1. The Labute approximate surface area is 109 Å². The standard InChI is InChI=1S/C14H14FNO3/c1-8-14(12(17)7-13(18)19-3)10-6-9(15)4-5-11(10)16(8)2/h4-6H,7H2,1-3H3. The van der Waals surface area contributed by atoms with Gasteiger partial charge in [-0.2, -0.15) is 0 Å². The summed E-state index contributed by atoms with van der Waals surface area (Å²) in [6.45, 7) is 1.77. The first-order chi connectivity index (χ1) is 8.95. The van der Waals surface area contributed by atoms with Crippen molar-refractivity contribution in [1.82, 2.24) is 4.57 Å². The minimum absolute atomic E-state index is 0.340. The van der Waals surface area contributed by atoms with Crippen LogP contribution in [0.2, 0.25) is 0 Å². The van der Waals surface area contributed by atoms with Gasteiger partial charge in [-0.15, -0.1) is 0 Å². The second kappa shape index (κ2) is 4.84. The zero-order valence-electron chi connectivity index (χ0n) is 11.0. The number of ketones is 1. The van der Waals surface area contributed by atoms with E-state index in [1.54, 1.807) is 24.6 Å². The lowest BCUT2D eigenvalue weighted by Crippen LogP contribution is -2.10. The van der Waals surface area contributed by atoms with Crippen molar-refractivity contribution in [2.24, 2.45) is 7.05 Å². The monoisotopic (exact) mass is 263 g/mol. The van der Waals surface area contributed by atoms with Crippen molar-refractivity contribution in [2.45, 2.75) is 13.3 Å². The lowest BCUT2D eigenvalue weighted by molar-refractivity contribution is -0.139. The molecule has 0 aliphatic heterocycles. The summed E-state index contributed by atoms with van der Waals surface area (Å²) in [6, 6.07) is 4.27. The van der Waals surface area contributed by atoms with Gasteiger partial charge in [0.15, 0.2) is 5.78 Å². The van der Waals surface area contributed by atoms with Gasteiger partial charge in [-0.3, -0.25) is 9.59 Å². The number of methoxy groups -OCH3 is 1. The SMILES string of the molecule is COC(=O)CC(=O)c1c(C)n(C)c2ccc(F)cc12. The van der Waals surface area contributed by atoms with Crippen molar-refractivity contribution >= 4 is 22.7 Å². The van der Waals surface area contributed by atoms with Crippen LogP contribution < -0.4 is 0 Å². The highest BCUT2D eigenvalue weighted by Gasteiger charge is 2.21. The van der Waals surface area contributed by atoms with Gasteiger partial charge < -0.3 is 9.30 Å². The van der Waals surface area contributed by atoms with Crippen LogP contribution in [0.3, 0.4) is 0 Å². The number of halogens is 1. The zero-order valence-corrected chi connectivity index (χ0v) is 11.0. The molecule has 0 saturated heterocycles. The zero-order chi connectivity index (χ0) is 14.2. The van der Waals surface area contributed by atoms with Crippen LogP contribution in [0, 0.1) is 12.7 Å². The number of nitrogens with zero attached hydrogens (tertiary/aromatic N) is 1. The fourth-order valence-electron chi connectivity index (χ4n) is 2.19. The molecule has 0 aliphatic carbocycles. The molecule has 0 N–H and O–H groups in total. The third-order valence-electron chi connectivity index (χ3n) is 3.27. The highest BCUT2D eigenvalue weighted by atomic mass is 19.1. The predicted molar refractivity (Wildman–Crippen MR) is 68.6 cm³/mol. The quantitative estimate of drug-likeness (QED) is 0.485. The summed E-state index contributed by atoms with van der Waals surface area (Å²) in [4.78, 5) is 23.3. The summed E-state index contributed by atoms with van der Waals surface area (Å²) in [5.41, 5.74) is 1.84. The molecule has 0 unspecified atom stereocenters. The highest BCUT2D eigenvalue weighted by Crippen LogP contribution is 2.26. The topological polar surface area (TPSA) is 48.3 Å². The van der Waals surface area contributed by atoms with E-state index in [2.05, 4.69) is 4.74 Å². The Bertz CT molecular complexity index is 673. The molecular formula is C14H14FNO3. The van der Waals surface area contributed by atoms with Crippen LogP contribution in [-0.2, 0) is 16.6 Å². The van der Waals surface area contributed by atoms with Crippen LogP contribution in [0.5, 0.6) is 0 Å². The van der Waals surface area contributed by atoms with Crippen LogP contribution >= 0.6 is 0 Å². The van der Waals surface area contributed by atoms with Crippen LogP contribution in [0.25, 0.3) is 10.9 Å². The third-order valence-corrected chi connectivity index (χ3v) is 3.27. The Balaban J connectivity index is 2.59. The fourth-order valence-corrected chi connectivity index (χ4v) is 2.19.